The van der Waals surface area contributed by atoms with Crippen molar-refractivity contribution in [3.8, 4) is 11.1 Å². The van der Waals surface area contributed by atoms with E-state index in [2.05, 4.69) is 175 Å². The first-order valence-corrected chi connectivity index (χ1v) is 19.2. The smallest absolute Gasteiger partial charge is 0.143 e. The molecule has 0 radical (unpaired) electrons. The Morgan fingerprint density at radius 1 is 0.623 bits per heavy atom. The molecule has 0 aliphatic rings. The van der Waals surface area contributed by atoms with Crippen LogP contribution in [0, 0.1) is 0 Å². The van der Waals surface area contributed by atoms with Gasteiger partial charge in [0, 0.05) is 27.5 Å². The van der Waals surface area contributed by atoms with Crippen LogP contribution >= 0.6 is 0 Å². The maximum Gasteiger partial charge on any atom is 0.143 e. The van der Waals surface area contributed by atoms with E-state index in [0.29, 0.717) is 5.92 Å². The Labute approximate surface area is 313 Å². The minimum atomic E-state index is 0.427. The van der Waals surface area contributed by atoms with Crippen LogP contribution in [0.2, 0.25) is 0 Å². The minimum absolute atomic E-state index is 0.427. The van der Waals surface area contributed by atoms with Gasteiger partial charge in [0.15, 0.2) is 0 Å². The second kappa shape index (κ2) is 14.4. The molecule has 0 fully saturated rings. The second-order valence-corrected chi connectivity index (χ2v) is 14.6. The third kappa shape index (κ3) is 6.07. The standard InChI is InChI=1S/C51H47NO/c1-7-17-33(4)39-20-12-15-23-45(39)50(35(6)34(5)36-18-10-9-11-19-36)52-49(32(3)8-2)38-28-26-37(27-29-38)40-30-31-44-42-22-14-13-21-41(42)43-24-16-25-46-47(43)48(44)51(40)53-46/h9-16,18-31,33H,7-8,17H2,1-6H3/b35-34+,49-32?,52-50?. The maximum absolute atomic E-state index is 6.70. The molecule has 262 valence electrons. The number of allylic oxidation sites excluding steroid dienone is 3. The number of furan rings is 1. The van der Waals surface area contributed by atoms with Crippen LogP contribution in [0.5, 0.6) is 0 Å². The van der Waals surface area contributed by atoms with Crippen LogP contribution in [-0.4, -0.2) is 5.71 Å². The van der Waals surface area contributed by atoms with E-state index in [1.54, 1.807) is 0 Å². The van der Waals surface area contributed by atoms with Crippen molar-refractivity contribution >= 4 is 60.5 Å². The van der Waals surface area contributed by atoms with E-state index in [9.17, 15) is 0 Å². The molecule has 0 bridgehead atoms. The van der Waals surface area contributed by atoms with Crippen molar-refractivity contribution in [1.29, 1.82) is 0 Å². The van der Waals surface area contributed by atoms with Crippen LogP contribution in [0.15, 0.2) is 154 Å². The Morgan fingerprint density at radius 3 is 2.00 bits per heavy atom. The lowest BCUT2D eigenvalue weighted by Crippen LogP contribution is -2.11. The van der Waals surface area contributed by atoms with E-state index in [-0.39, 0.29) is 0 Å². The van der Waals surface area contributed by atoms with Gasteiger partial charge in [0.25, 0.3) is 0 Å². The Balaban J connectivity index is 1.28. The maximum atomic E-state index is 6.70. The van der Waals surface area contributed by atoms with E-state index in [0.717, 1.165) is 58.5 Å². The SMILES string of the molecule is CCCC(C)c1ccccc1C(=NC(=C(C)CC)c1ccc(-c2ccc3c4ccccc4c4cccc5oc2c3c54)cc1)/C(C)=C(\C)c1ccccc1. The molecule has 1 unspecified atom stereocenters. The molecule has 1 heterocycles. The third-order valence-electron chi connectivity index (χ3n) is 11.4. The van der Waals surface area contributed by atoms with Gasteiger partial charge in [-0.25, -0.2) is 4.99 Å². The molecule has 1 atom stereocenters. The number of hydrogen-bond acceptors (Lipinski definition) is 2. The largest absolute Gasteiger partial charge is 0.455 e. The molecule has 0 spiro atoms. The first-order valence-electron chi connectivity index (χ1n) is 19.2. The summed E-state index contributed by atoms with van der Waals surface area (Å²) in [6.07, 6.45) is 3.19. The average molecular weight is 690 g/mol. The minimum Gasteiger partial charge on any atom is -0.455 e. The Morgan fingerprint density at radius 2 is 1.28 bits per heavy atom. The van der Waals surface area contributed by atoms with Gasteiger partial charge >= 0.3 is 0 Å². The van der Waals surface area contributed by atoms with Crippen LogP contribution in [0.4, 0.5) is 0 Å². The zero-order chi connectivity index (χ0) is 36.6. The topological polar surface area (TPSA) is 25.5 Å². The first kappa shape index (κ1) is 34.4. The van der Waals surface area contributed by atoms with E-state index in [1.807, 2.05) is 0 Å². The normalized spacial score (nSPS) is 14.0. The van der Waals surface area contributed by atoms with E-state index >= 15 is 0 Å². The number of rotatable bonds is 10. The van der Waals surface area contributed by atoms with Gasteiger partial charge in [-0.05, 0) is 107 Å². The lowest BCUT2D eigenvalue weighted by Gasteiger charge is -2.20. The van der Waals surface area contributed by atoms with Crippen LogP contribution < -0.4 is 0 Å². The molecular formula is C51H47NO. The number of nitrogens with zero attached hydrogens (tertiary/aromatic N) is 1. The molecule has 53 heavy (non-hydrogen) atoms. The van der Waals surface area contributed by atoms with Crippen molar-refractivity contribution in [3.63, 3.8) is 0 Å². The summed E-state index contributed by atoms with van der Waals surface area (Å²) in [6, 6.07) is 48.2. The first-order chi connectivity index (χ1) is 25.9. The molecule has 0 saturated carbocycles. The Hall–Kier alpha value is -5.73. The fraction of sp³-hybridized carbons (Fsp3) is 0.196. The molecule has 7 aromatic carbocycles. The fourth-order valence-corrected chi connectivity index (χ4v) is 8.20. The summed E-state index contributed by atoms with van der Waals surface area (Å²) in [5, 5.41) is 7.43. The van der Waals surface area contributed by atoms with Crippen molar-refractivity contribution in [2.75, 3.05) is 0 Å². The Bertz CT molecular complexity index is 2680. The zero-order valence-electron chi connectivity index (χ0n) is 31.8. The lowest BCUT2D eigenvalue weighted by molar-refractivity contribution is 0.664. The molecule has 0 N–H and O–H groups in total. The molecule has 8 rings (SSSR count). The number of hydrogen-bond donors (Lipinski definition) is 0. The second-order valence-electron chi connectivity index (χ2n) is 14.6. The summed E-state index contributed by atoms with van der Waals surface area (Å²) in [4.78, 5) is 5.69. The highest BCUT2D eigenvalue weighted by atomic mass is 16.3. The van der Waals surface area contributed by atoms with Crippen LogP contribution in [-0.2, 0) is 0 Å². The number of fused-ring (bicyclic) bond motifs is 3. The summed E-state index contributed by atoms with van der Waals surface area (Å²) in [5.74, 6) is 0.427. The fourth-order valence-electron chi connectivity index (χ4n) is 8.20. The zero-order valence-corrected chi connectivity index (χ0v) is 31.8. The molecule has 0 saturated heterocycles. The summed E-state index contributed by atoms with van der Waals surface area (Å²) < 4.78 is 6.70. The summed E-state index contributed by atoms with van der Waals surface area (Å²) in [7, 11) is 0. The Kier molecular flexibility index (Phi) is 9.31. The molecule has 2 nitrogen and oxygen atoms in total. The lowest BCUT2D eigenvalue weighted by atomic mass is 9.86. The van der Waals surface area contributed by atoms with Gasteiger partial charge in [-0.15, -0.1) is 0 Å². The van der Waals surface area contributed by atoms with E-state index in [4.69, 9.17) is 9.41 Å². The van der Waals surface area contributed by atoms with Crippen molar-refractivity contribution < 1.29 is 4.42 Å². The van der Waals surface area contributed by atoms with Crippen molar-refractivity contribution in [2.45, 2.75) is 66.7 Å². The molecule has 0 aliphatic heterocycles. The van der Waals surface area contributed by atoms with Gasteiger partial charge in [0.2, 0.25) is 0 Å². The van der Waals surface area contributed by atoms with Gasteiger partial charge < -0.3 is 4.42 Å². The molecule has 1 aromatic heterocycles. The molecule has 2 heteroatoms. The van der Waals surface area contributed by atoms with Crippen molar-refractivity contribution in [1.82, 2.24) is 0 Å². The highest BCUT2D eigenvalue weighted by Gasteiger charge is 2.21. The van der Waals surface area contributed by atoms with Crippen molar-refractivity contribution in [2.24, 2.45) is 4.99 Å². The van der Waals surface area contributed by atoms with E-state index in [1.165, 1.54) is 65.7 Å². The van der Waals surface area contributed by atoms with Gasteiger partial charge in [-0.2, -0.15) is 0 Å². The van der Waals surface area contributed by atoms with Crippen LogP contribution in [0.1, 0.15) is 89.0 Å². The third-order valence-corrected chi connectivity index (χ3v) is 11.4. The molecule has 0 amide bonds. The quantitative estimate of drug-likeness (QED) is 0.104. The van der Waals surface area contributed by atoms with Gasteiger partial charge in [0.05, 0.1) is 11.4 Å². The van der Waals surface area contributed by atoms with Gasteiger partial charge in [-0.3, -0.25) is 0 Å². The molecule has 8 aromatic rings. The monoisotopic (exact) mass is 689 g/mol. The van der Waals surface area contributed by atoms with Crippen LogP contribution in [0.25, 0.3) is 65.9 Å². The average Bonchev–Trinajstić information content (AvgIpc) is 3.61. The highest BCUT2D eigenvalue weighted by molar-refractivity contribution is 6.34. The van der Waals surface area contributed by atoms with Crippen LogP contribution in [0.3, 0.4) is 0 Å². The number of aliphatic imine (C=N–C) groups is 1. The molecule has 0 aliphatic carbocycles. The summed E-state index contributed by atoms with van der Waals surface area (Å²) >= 11 is 0. The predicted octanol–water partition coefficient (Wildman–Crippen LogP) is 15.0. The summed E-state index contributed by atoms with van der Waals surface area (Å²) in [5.41, 5.74) is 14.8. The van der Waals surface area contributed by atoms with E-state index < -0.39 is 0 Å². The molecular weight excluding hydrogens is 643 g/mol. The number of benzene rings is 7. The summed E-state index contributed by atoms with van der Waals surface area (Å²) in [6.45, 7) is 13.5. The highest BCUT2D eigenvalue weighted by Crippen LogP contribution is 2.45. The predicted molar refractivity (Wildman–Crippen MR) is 229 cm³/mol. The van der Waals surface area contributed by atoms with Crippen molar-refractivity contribution in [3.05, 3.63) is 167 Å². The van der Waals surface area contributed by atoms with Gasteiger partial charge in [-0.1, -0.05) is 149 Å². The van der Waals surface area contributed by atoms with Gasteiger partial charge in [0.1, 0.15) is 11.2 Å².